The molecule has 178 valence electrons. The van der Waals surface area contributed by atoms with Crippen LogP contribution in [0.25, 0.3) is 0 Å². The van der Waals surface area contributed by atoms with E-state index in [0.717, 1.165) is 30.0 Å². The maximum absolute atomic E-state index is 13.6. The summed E-state index contributed by atoms with van der Waals surface area (Å²) >= 11 is 0. The molecule has 1 atom stereocenters. The van der Waals surface area contributed by atoms with Crippen molar-refractivity contribution in [1.82, 2.24) is 9.62 Å². The number of hydrogen-bond donors (Lipinski definition) is 2. The number of nitrogens with zero attached hydrogens (tertiary/aromatic N) is 1. The van der Waals surface area contributed by atoms with Crippen molar-refractivity contribution in [2.45, 2.75) is 57.4 Å². The number of sulfonamides is 1. The number of nitrogens with one attached hydrogen (secondary N) is 2. The van der Waals surface area contributed by atoms with Gasteiger partial charge >= 0.3 is 11.8 Å². The molecule has 0 aliphatic carbocycles. The zero-order valence-electron chi connectivity index (χ0n) is 19.2. The van der Waals surface area contributed by atoms with Crippen LogP contribution in [-0.4, -0.2) is 43.7 Å². The fraction of sp³-hybridized carbons (Fsp3) is 0.417. The zero-order chi connectivity index (χ0) is 24.2. The molecule has 9 heteroatoms. The second kappa shape index (κ2) is 10.4. The predicted molar refractivity (Wildman–Crippen MR) is 125 cm³/mol. The van der Waals surface area contributed by atoms with E-state index in [4.69, 9.17) is 0 Å². The predicted octanol–water partition coefficient (Wildman–Crippen LogP) is 3.44. The molecule has 3 rings (SSSR count). The molecule has 1 fully saturated rings. The standard InChI is InChI=1S/C24H30FN3O4S/c1-16-7-10-22(18(3)14-16)27-24(30)23(29)26-12-11-19-6-4-5-13-28(19)33(31,32)20-8-9-21(25)17(2)15-20/h7-10,14-15,19H,4-6,11-13H2,1-3H3,(H,26,29)(H,27,30). The first-order valence-electron chi connectivity index (χ1n) is 11.0. The van der Waals surface area contributed by atoms with Gasteiger partial charge in [0.25, 0.3) is 0 Å². The van der Waals surface area contributed by atoms with Crippen molar-refractivity contribution in [2.24, 2.45) is 0 Å². The number of rotatable bonds is 6. The van der Waals surface area contributed by atoms with Crippen LogP contribution in [0.4, 0.5) is 10.1 Å². The Morgan fingerprint density at radius 1 is 1.03 bits per heavy atom. The fourth-order valence-corrected chi connectivity index (χ4v) is 5.87. The van der Waals surface area contributed by atoms with E-state index in [2.05, 4.69) is 10.6 Å². The summed E-state index contributed by atoms with van der Waals surface area (Å²) in [7, 11) is -3.79. The lowest BCUT2D eigenvalue weighted by atomic mass is 10.0. The number of piperidine rings is 1. The Morgan fingerprint density at radius 3 is 2.48 bits per heavy atom. The minimum absolute atomic E-state index is 0.0604. The van der Waals surface area contributed by atoms with Gasteiger partial charge in [-0.1, -0.05) is 24.1 Å². The average Bonchev–Trinajstić information content (AvgIpc) is 2.77. The van der Waals surface area contributed by atoms with E-state index in [0.29, 0.717) is 25.1 Å². The lowest BCUT2D eigenvalue weighted by Crippen LogP contribution is -2.45. The first-order chi connectivity index (χ1) is 15.6. The van der Waals surface area contributed by atoms with Crippen molar-refractivity contribution >= 4 is 27.5 Å². The van der Waals surface area contributed by atoms with Gasteiger partial charge in [0, 0.05) is 24.8 Å². The lowest BCUT2D eigenvalue weighted by Gasteiger charge is -2.34. The largest absolute Gasteiger partial charge is 0.348 e. The summed E-state index contributed by atoms with van der Waals surface area (Å²) in [4.78, 5) is 24.5. The van der Waals surface area contributed by atoms with Gasteiger partial charge in [-0.25, -0.2) is 12.8 Å². The van der Waals surface area contributed by atoms with Crippen LogP contribution in [0.2, 0.25) is 0 Å². The zero-order valence-corrected chi connectivity index (χ0v) is 20.0. The molecule has 33 heavy (non-hydrogen) atoms. The van der Waals surface area contributed by atoms with Gasteiger partial charge in [-0.15, -0.1) is 0 Å². The van der Waals surface area contributed by atoms with Crippen LogP contribution in [0.15, 0.2) is 41.3 Å². The highest BCUT2D eigenvalue weighted by Crippen LogP contribution is 2.27. The number of hydrogen-bond acceptors (Lipinski definition) is 4. The molecule has 1 unspecified atom stereocenters. The molecule has 1 aliphatic rings. The Bertz CT molecular complexity index is 1150. The van der Waals surface area contributed by atoms with E-state index in [1.165, 1.54) is 23.4 Å². The molecule has 1 heterocycles. The Hall–Kier alpha value is -2.78. The maximum atomic E-state index is 13.6. The highest BCUT2D eigenvalue weighted by Gasteiger charge is 2.33. The summed E-state index contributed by atoms with van der Waals surface area (Å²) in [6, 6.07) is 8.98. The smallest absolute Gasteiger partial charge is 0.313 e. The van der Waals surface area contributed by atoms with Crippen LogP contribution in [0, 0.1) is 26.6 Å². The molecule has 0 spiro atoms. The molecular formula is C24H30FN3O4S. The normalized spacial score (nSPS) is 16.9. The van der Waals surface area contributed by atoms with Gasteiger partial charge in [-0.3, -0.25) is 9.59 Å². The quantitative estimate of drug-likeness (QED) is 0.626. The van der Waals surface area contributed by atoms with E-state index >= 15 is 0 Å². The Kier molecular flexibility index (Phi) is 7.86. The van der Waals surface area contributed by atoms with E-state index < -0.39 is 27.7 Å². The summed E-state index contributed by atoms with van der Waals surface area (Å²) in [6.07, 6.45) is 2.65. The molecule has 2 aromatic carbocycles. The van der Waals surface area contributed by atoms with E-state index in [1.54, 1.807) is 6.07 Å². The molecule has 7 nitrogen and oxygen atoms in total. The van der Waals surface area contributed by atoms with Gasteiger partial charge in [0.05, 0.1) is 4.90 Å². The number of aryl methyl sites for hydroxylation is 3. The molecule has 2 amide bonds. The van der Waals surface area contributed by atoms with E-state index in [9.17, 15) is 22.4 Å². The molecule has 1 saturated heterocycles. The average molecular weight is 476 g/mol. The van der Waals surface area contributed by atoms with Crippen molar-refractivity contribution in [3.8, 4) is 0 Å². The summed E-state index contributed by atoms with van der Waals surface area (Å²) in [6.45, 7) is 5.85. The molecule has 0 bridgehead atoms. The number of halogens is 1. The third kappa shape index (κ3) is 5.97. The van der Waals surface area contributed by atoms with Gasteiger partial charge < -0.3 is 10.6 Å². The lowest BCUT2D eigenvalue weighted by molar-refractivity contribution is -0.136. The van der Waals surface area contributed by atoms with Crippen LogP contribution >= 0.6 is 0 Å². The maximum Gasteiger partial charge on any atom is 0.313 e. The van der Waals surface area contributed by atoms with Gasteiger partial charge in [0.15, 0.2) is 0 Å². The molecular weight excluding hydrogens is 445 g/mol. The summed E-state index contributed by atoms with van der Waals surface area (Å²) in [5.74, 6) is -1.99. The SMILES string of the molecule is Cc1ccc(NC(=O)C(=O)NCCC2CCCCN2S(=O)(=O)c2ccc(F)c(C)c2)c(C)c1. The van der Waals surface area contributed by atoms with Crippen LogP contribution in [0.1, 0.15) is 42.4 Å². The fourth-order valence-electron chi connectivity index (χ4n) is 4.06. The van der Waals surface area contributed by atoms with Crippen molar-refractivity contribution in [2.75, 3.05) is 18.4 Å². The number of anilines is 1. The monoisotopic (exact) mass is 475 g/mol. The molecule has 0 aromatic heterocycles. The van der Waals surface area contributed by atoms with Crippen molar-refractivity contribution in [1.29, 1.82) is 0 Å². The van der Waals surface area contributed by atoms with E-state index in [-0.39, 0.29) is 23.0 Å². The summed E-state index contributed by atoms with van der Waals surface area (Å²) < 4.78 is 41.4. The van der Waals surface area contributed by atoms with E-state index in [1.807, 2.05) is 26.0 Å². The second-order valence-electron chi connectivity index (χ2n) is 8.49. The minimum atomic E-state index is -3.79. The Balaban J connectivity index is 1.60. The number of benzene rings is 2. The third-order valence-electron chi connectivity index (χ3n) is 5.91. The van der Waals surface area contributed by atoms with Crippen molar-refractivity contribution in [3.63, 3.8) is 0 Å². The summed E-state index contributed by atoms with van der Waals surface area (Å²) in [5, 5.41) is 5.19. The molecule has 1 aliphatic heterocycles. The Morgan fingerprint density at radius 2 is 1.79 bits per heavy atom. The third-order valence-corrected chi connectivity index (χ3v) is 7.86. The molecule has 0 saturated carbocycles. The highest BCUT2D eigenvalue weighted by atomic mass is 32.2. The topological polar surface area (TPSA) is 95.6 Å². The van der Waals surface area contributed by atoms with Gasteiger partial charge in [0.2, 0.25) is 10.0 Å². The number of carbonyl (C=O) groups is 2. The van der Waals surface area contributed by atoms with Crippen LogP contribution in [0.3, 0.4) is 0 Å². The molecule has 0 radical (unpaired) electrons. The highest BCUT2D eigenvalue weighted by molar-refractivity contribution is 7.89. The van der Waals surface area contributed by atoms with Gasteiger partial charge in [-0.2, -0.15) is 4.31 Å². The van der Waals surface area contributed by atoms with Crippen LogP contribution in [-0.2, 0) is 19.6 Å². The van der Waals surface area contributed by atoms with Gasteiger partial charge in [0.1, 0.15) is 5.82 Å². The molecule has 2 N–H and O–H groups in total. The van der Waals surface area contributed by atoms with Crippen LogP contribution < -0.4 is 10.6 Å². The van der Waals surface area contributed by atoms with Crippen molar-refractivity contribution < 1.29 is 22.4 Å². The first kappa shape index (κ1) is 24.9. The Labute approximate surface area is 194 Å². The minimum Gasteiger partial charge on any atom is -0.348 e. The summed E-state index contributed by atoms with van der Waals surface area (Å²) in [5.41, 5.74) is 2.75. The van der Waals surface area contributed by atoms with Crippen LogP contribution in [0.5, 0.6) is 0 Å². The second-order valence-corrected chi connectivity index (χ2v) is 10.4. The first-order valence-corrected chi connectivity index (χ1v) is 12.5. The molecule has 2 aromatic rings. The number of amides is 2. The van der Waals surface area contributed by atoms with Crippen molar-refractivity contribution in [3.05, 3.63) is 58.9 Å². The van der Waals surface area contributed by atoms with Gasteiger partial charge in [-0.05, 0) is 75.4 Å². The number of carbonyl (C=O) groups excluding carboxylic acids is 2.